The van der Waals surface area contributed by atoms with E-state index in [0.29, 0.717) is 22.5 Å². The molecule has 0 aliphatic heterocycles. The van der Waals surface area contributed by atoms with Gasteiger partial charge in [-0.2, -0.15) is 0 Å². The molecule has 0 fully saturated rings. The maximum Gasteiger partial charge on any atom is 0.207 e. The number of Topliss-reactive ketones (excluding diaryl/α,β-unsaturated/α-hetero) is 1. The van der Waals surface area contributed by atoms with Gasteiger partial charge in [0.2, 0.25) is 5.43 Å². The van der Waals surface area contributed by atoms with Crippen LogP contribution >= 0.6 is 0 Å². The zero-order valence-electron chi connectivity index (χ0n) is 10.8. The predicted octanol–water partition coefficient (Wildman–Crippen LogP) is 2.62. The van der Waals surface area contributed by atoms with Crippen molar-refractivity contribution >= 4 is 16.8 Å². The van der Waals surface area contributed by atoms with Crippen LogP contribution in [0.5, 0.6) is 5.75 Å². The first-order chi connectivity index (χ1) is 8.45. The predicted molar refractivity (Wildman–Crippen MR) is 68.5 cm³/mol. The fourth-order valence-corrected chi connectivity index (χ4v) is 2.09. The smallest absolute Gasteiger partial charge is 0.207 e. The zero-order chi connectivity index (χ0) is 13.4. The average molecular weight is 246 g/mol. The molecule has 2 rings (SSSR count). The van der Waals surface area contributed by atoms with E-state index in [1.165, 1.54) is 14.0 Å². The van der Waals surface area contributed by atoms with E-state index in [4.69, 9.17) is 9.15 Å². The molecule has 0 aliphatic carbocycles. The SMILES string of the molecule is COc1cc(C)cc2oc(C)c(C(C)=O)c(=O)c12. The summed E-state index contributed by atoms with van der Waals surface area (Å²) in [4.78, 5) is 23.8. The minimum absolute atomic E-state index is 0.0876. The quantitative estimate of drug-likeness (QED) is 0.764. The van der Waals surface area contributed by atoms with Crippen molar-refractivity contribution in [3.05, 3.63) is 39.2 Å². The van der Waals surface area contributed by atoms with Gasteiger partial charge >= 0.3 is 0 Å². The van der Waals surface area contributed by atoms with Crippen LogP contribution in [0.1, 0.15) is 28.6 Å². The molecular weight excluding hydrogens is 232 g/mol. The van der Waals surface area contributed by atoms with E-state index in [2.05, 4.69) is 0 Å². The van der Waals surface area contributed by atoms with Gasteiger partial charge < -0.3 is 9.15 Å². The molecule has 0 amide bonds. The van der Waals surface area contributed by atoms with Gasteiger partial charge in [-0.05, 0) is 38.5 Å². The van der Waals surface area contributed by atoms with Crippen molar-refractivity contribution in [1.82, 2.24) is 0 Å². The number of aryl methyl sites for hydroxylation is 2. The van der Waals surface area contributed by atoms with E-state index in [1.54, 1.807) is 19.1 Å². The Kier molecular flexibility index (Phi) is 2.95. The topological polar surface area (TPSA) is 56.5 Å². The Balaban J connectivity index is 3.01. The number of hydrogen-bond donors (Lipinski definition) is 0. The summed E-state index contributed by atoms with van der Waals surface area (Å²) < 4.78 is 10.7. The molecule has 4 heteroatoms. The summed E-state index contributed by atoms with van der Waals surface area (Å²) in [5, 5.41) is 0.318. The lowest BCUT2D eigenvalue weighted by Gasteiger charge is -2.08. The first kappa shape index (κ1) is 12.4. The van der Waals surface area contributed by atoms with Crippen LogP contribution in [0, 0.1) is 13.8 Å². The van der Waals surface area contributed by atoms with E-state index in [0.717, 1.165) is 5.56 Å². The van der Waals surface area contributed by atoms with Crippen LogP contribution in [0.15, 0.2) is 21.3 Å². The van der Waals surface area contributed by atoms with Crippen molar-refractivity contribution in [2.24, 2.45) is 0 Å². The molecule has 18 heavy (non-hydrogen) atoms. The van der Waals surface area contributed by atoms with Gasteiger partial charge in [-0.3, -0.25) is 9.59 Å². The van der Waals surface area contributed by atoms with Gasteiger partial charge in [-0.15, -0.1) is 0 Å². The van der Waals surface area contributed by atoms with E-state index in [-0.39, 0.29) is 16.8 Å². The number of hydrogen-bond acceptors (Lipinski definition) is 4. The van der Waals surface area contributed by atoms with E-state index >= 15 is 0 Å². The molecule has 2 aromatic rings. The molecule has 0 radical (unpaired) electrons. The third-order valence-corrected chi connectivity index (χ3v) is 2.85. The van der Waals surface area contributed by atoms with Gasteiger partial charge in [0.25, 0.3) is 0 Å². The minimum atomic E-state index is -0.335. The highest BCUT2D eigenvalue weighted by Gasteiger charge is 2.18. The molecule has 1 aromatic heterocycles. The van der Waals surface area contributed by atoms with Gasteiger partial charge in [-0.25, -0.2) is 0 Å². The zero-order valence-corrected chi connectivity index (χ0v) is 10.8. The number of methoxy groups -OCH3 is 1. The van der Waals surface area contributed by atoms with E-state index in [1.807, 2.05) is 6.92 Å². The fourth-order valence-electron chi connectivity index (χ4n) is 2.09. The lowest BCUT2D eigenvalue weighted by molar-refractivity contribution is 0.101. The van der Waals surface area contributed by atoms with Crippen molar-refractivity contribution in [2.75, 3.05) is 7.11 Å². The van der Waals surface area contributed by atoms with E-state index in [9.17, 15) is 9.59 Å². The second-order valence-corrected chi connectivity index (χ2v) is 4.26. The number of benzene rings is 1. The van der Waals surface area contributed by atoms with Crippen LogP contribution in [0.3, 0.4) is 0 Å². The maximum atomic E-state index is 12.3. The highest BCUT2D eigenvalue weighted by Crippen LogP contribution is 2.26. The monoisotopic (exact) mass is 246 g/mol. The van der Waals surface area contributed by atoms with Crippen molar-refractivity contribution in [1.29, 1.82) is 0 Å². The molecule has 0 bridgehead atoms. The highest BCUT2D eigenvalue weighted by molar-refractivity contribution is 5.98. The summed E-state index contributed by atoms with van der Waals surface area (Å²) in [5.41, 5.74) is 1.12. The molecule has 0 aliphatic rings. The lowest BCUT2D eigenvalue weighted by atomic mass is 10.1. The fraction of sp³-hybridized carbons (Fsp3) is 0.286. The van der Waals surface area contributed by atoms with Crippen molar-refractivity contribution in [3.63, 3.8) is 0 Å². The Morgan fingerprint density at radius 2 is 1.94 bits per heavy atom. The molecule has 0 saturated heterocycles. The van der Waals surface area contributed by atoms with Gasteiger partial charge in [0.05, 0.1) is 7.11 Å². The van der Waals surface area contributed by atoms with Gasteiger partial charge in [-0.1, -0.05) is 0 Å². The number of ketones is 1. The second-order valence-electron chi connectivity index (χ2n) is 4.26. The van der Waals surface area contributed by atoms with Crippen molar-refractivity contribution in [3.8, 4) is 5.75 Å². The Hall–Kier alpha value is -2.10. The standard InChI is InChI=1S/C14H14O4/c1-7-5-10(17-4)13-11(6-7)18-9(3)12(8(2)15)14(13)16/h5-6H,1-4H3. The first-order valence-corrected chi connectivity index (χ1v) is 5.58. The molecular formula is C14H14O4. The third-order valence-electron chi connectivity index (χ3n) is 2.85. The number of carbonyl (C=O) groups excluding carboxylic acids is 1. The lowest BCUT2D eigenvalue weighted by Crippen LogP contribution is -2.15. The van der Waals surface area contributed by atoms with Gasteiger partial charge in [0.1, 0.15) is 28.0 Å². The molecule has 0 spiro atoms. The Morgan fingerprint density at radius 3 is 2.50 bits per heavy atom. The van der Waals surface area contributed by atoms with Crippen LogP contribution < -0.4 is 10.2 Å². The molecule has 1 heterocycles. The molecule has 0 N–H and O–H groups in total. The third kappa shape index (κ3) is 1.79. The molecule has 0 unspecified atom stereocenters. The van der Waals surface area contributed by atoms with Crippen LogP contribution in [0.4, 0.5) is 0 Å². The van der Waals surface area contributed by atoms with Crippen LogP contribution in [0.25, 0.3) is 11.0 Å². The molecule has 1 aromatic carbocycles. The summed E-state index contributed by atoms with van der Waals surface area (Å²) in [6.45, 7) is 4.86. The second kappa shape index (κ2) is 4.29. The summed E-state index contributed by atoms with van der Waals surface area (Å²) in [6, 6.07) is 3.51. The van der Waals surface area contributed by atoms with Crippen molar-refractivity contribution < 1.29 is 13.9 Å². The van der Waals surface area contributed by atoms with E-state index < -0.39 is 0 Å². The summed E-state index contributed by atoms with van der Waals surface area (Å²) in [6.07, 6.45) is 0. The number of rotatable bonds is 2. The van der Waals surface area contributed by atoms with Gasteiger partial charge in [0, 0.05) is 0 Å². The minimum Gasteiger partial charge on any atom is -0.496 e. The summed E-state index contributed by atoms with van der Waals surface area (Å²) >= 11 is 0. The average Bonchev–Trinajstić information content (AvgIpc) is 2.26. The largest absolute Gasteiger partial charge is 0.496 e. The number of carbonyl (C=O) groups is 1. The normalized spacial score (nSPS) is 10.7. The molecule has 0 saturated carbocycles. The van der Waals surface area contributed by atoms with Crippen LogP contribution in [-0.2, 0) is 0 Å². The molecule has 0 atom stereocenters. The van der Waals surface area contributed by atoms with Crippen molar-refractivity contribution in [2.45, 2.75) is 20.8 Å². The highest BCUT2D eigenvalue weighted by atomic mass is 16.5. The summed E-state index contributed by atoms with van der Waals surface area (Å²) in [5.74, 6) is 0.472. The molecule has 94 valence electrons. The van der Waals surface area contributed by atoms with Gasteiger partial charge in [0.15, 0.2) is 5.78 Å². The Bertz CT molecular complexity index is 695. The Morgan fingerprint density at radius 1 is 1.28 bits per heavy atom. The van der Waals surface area contributed by atoms with Crippen LogP contribution in [-0.4, -0.2) is 12.9 Å². The maximum absolute atomic E-state index is 12.3. The summed E-state index contributed by atoms with van der Waals surface area (Å²) in [7, 11) is 1.49. The first-order valence-electron chi connectivity index (χ1n) is 5.58. The molecule has 4 nitrogen and oxygen atoms in total. The van der Waals surface area contributed by atoms with Crippen LogP contribution in [0.2, 0.25) is 0 Å². The Labute approximate surface area is 104 Å². The number of fused-ring (bicyclic) bond motifs is 1. The number of ether oxygens (including phenoxy) is 1.